The molecule has 1 aliphatic rings. The minimum Gasteiger partial charge on any atom is -0.350 e. The summed E-state index contributed by atoms with van der Waals surface area (Å²) in [5.74, 6) is 0. The number of amides is 2. The number of allylic oxidation sites excluding steroid dienone is 2. The van der Waals surface area contributed by atoms with Gasteiger partial charge in [-0.2, -0.15) is 5.10 Å². The van der Waals surface area contributed by atoms with Crippen molar-refractivity contribution >= 4 is 11.7 Å². The fourth-order valence-electron chi connectivity index (χ4n) is 1.51. The number of hydrazone groups is 1. The lowest BCUT2D eigenvalue weighted by molar-refractivity contribution is 0.249. The van der Waals surface area contributed by atoms with Crippen molar-refractivity contribution in [1.29, 1.82) is 0 Å². The second kappa shape index (κ2) is 4.07. The zero-order chi connectivity index (χ0) is 9.84. The Labute approximate surface area is 77.9 Å². The molecule has 13 heavy (non-hydrogen) atoms. The van der Waals surface area contributed by atoms with Crippen LogP contribution in [-0.4, -0.2) is 11.7 Å². The van der Waals surface area contributed by atoms with Gasteiger partial charge in [-0.1, -0.05) is 5.57 Å². The quantitative estimate of drug-likeness (QED) is 0.592. The van der Waals surface area contributed by atoms with Crippen LogP contribution in [0.1, 0.15) is 33.1 Å². The van der Waals surface area contributed by atoms with Gasteiger partial charge in [0.2, 0.25) is 0 Å². The summed E-state index contributed by atoms with van der Waals surface area (Å²) < 4.78 is 0. The molecular weight excluding hydrogens is 166 g/mol. The summed E-state index contributed by atoms with van der Waals surface area (Å²) in [6.07, 6.45) is 3.10. The highest BCUT2D eigenvalue weighted by Gasteiger charge is 2.16. The second-order valence-corrected chi connectivity index (χ2v) is 3.37. The third-order valence-corrected chi connectivity index (χ3v) is 2.09. The summed E-state index contributed by atoms with van der Waals surface area (Å²) in [5, 5.41) is 3.96. The highest BCUT2D eigenvalue weighted by atomic mass is 16.2. The van der Waals surface area contributed by atoms with Crippen molar-refractivity contribution in [3.8, 4) is 0 Å². The Morgan fingerprint density at radius 3 is 2.69 bits per heavy atom. The first-order valence-electron chi connectivity index (χ1n) is 4.40. The lowest BCUT2D eigenvalue weighted by Gasteiger charge is -2.02. The molecule has 1 saturated carbocycles. The molecule has 1 rings (SSSR count). The van der Waals surface area contributed by atoms with E-state index in [2.05, 4.69) is 24.4 Å². The van der Waals surface area contributed by atoms with Crippen molar-refractivity contribution in [2.75, 3.05) is 0 Å². The van der Waals surface area contributed by atoms with Crippen molar-refractivity contribution < 1.29 is 4.79 Å². The van der Waals surface area contributed by atoms with Crippen LogP contribution in [0.15, 0.2) is 16.2 Å². The average Bonchev–Trinajstić information content (AvgIpc) is 2.47. The minimum absolute atomic E-state index is 0.604. The van der Waals surface area contributed by atoms with Gasteiger partial charge in [0, 0.05) is 0 Å². The van der Waals surface area contributed by atoms with Gasteiger partial charge in [-0.15, -0.1) is 0 Å². The number of nitrogens with zero attached hydrogens (tertiary/aromatic N) is 1. The zero-order valence-corrected chi connectivity index (χ0v) is 8.05. The summed E-state index contributed by atoms with van der Waals surface area (Å²) in [4.78, 5) is 10.4. The summed E-state index contributed by atoms with van der Waals surface area (Å²) in [5.41, 5.74) is 10.7. The Kier molecular flexibility index (Phi) is 3.06. The molecule has 0 aromatic rings. The van der Waals surface area contributed by atoms with E-state index in [-0.39, 0.29) is 0 Å². The Balaban J connectivity index is 2.74. The molecule has 0 heterocycles. The van der Waals surface area contributed by atoms with Gasteiger partial charge in [-0.05, 0) is 38.7 Å². The van der Waals surface area contributed by atoms with Crippen LogP contribution in [0.25, 0.3) is 0 Å². The molecule has 0 unspecified atom stereocenters. The van der Waals surface area contributed by atoms with Gasteiger partial charge in [-0.3, -0.25) is 0 Å². The predicted molar refractivity (Wildman–Crippen MR) is 52.4 cm³/mol. The van der Waals surface area contributed by atoms with E-state index in [1.165, 1.54) is 11.1 Å². The van der Waals surface area contributed by atoms with E-state index in [4.69, 9.17) is 5.73 Å². The van der Waals surface area contributed by atoms with Crippen molar-refractivity contribution in [3.63, 3.8) is 0 Å². The van der Waals surface area contributed by atoms with Gasteiger partial charge >= 0.3 is 6.03 Å². The summed E-state index contributed by atoms with van der Waals surface area (Å²) in [7, 11) is 0. The first-order valence-corrected chi connectivity index (χ1v) is 4.40. The van der Waals surface area contributed by atoms with E-state index in [0.717, 1.165) is 25.0 Å². The fraction of sp³-hybridized carbons (Fsp3) is 0.556. The molecule has 4 nitrogen and oxygen atoms in total. The predicted octanol–water partition coefficient (Wildman–Crippen LogP) is 1.53. The maximum absolute atomic E-state index is 10.4. The first-order chi connectivity index (χ1) is 6.11. The number of nitrogens with two attached hydrogens (primary N) is 1. The van der Waals surface area contributed by atoms with Crippen LogP contribution in [0.5, 0.6) is 0 Å². The summed E-state index contributed by atoms with van der Waals surface area (Å²) in [6, 6.07) is -0.604. The highest BCUT2D eigenvalue weighted by molar-refractivity contribution is 6.02. The van der Waals surface area contributed by atoms with E-state index in [9.17, 15) is 4.79 Å². The molecule has 1 aliphatic carbocycles. The van der Waals surface area contributed by atoms with E-state index < -0.39 is 6.03 Å². The van der Waals surface area contributed by atoms with Gasteiger partial charge in [0.15, 0.2) is 0 Å². The van der Waals surface area contributed by atoms with E-state index >= 15 is 0 Å². The molecule has 0 bridgehead atoms. The Morgan fingerprint density at radius 2 is 2.15 bits per heavy atom. The molecule has 0 radical (unpaired) electrons. The standard InChI is InChI=1S/C9H15N3O/c1-6(2)7-4-3-5-8(7)11-12-9(10)13/h3-5H2,1-2H3,(H3,10,12,13). The zero-order valence-electron chi connectivity index (χ0n) is 8.05. The van der Waals surface area contributed by atoms with Crippen LogP contribution >= 0.6 is 0 Å². The molecule has 0 spiro atoms. The van der Waals surface area contributed by atoms with Crippen LogP contribution in [-0.2, 0) is 0 Å². The Hall–Kier alpha value is -1.32. The molecular formula is C9H15N3O. The third-order valence-electron chi connectivity index (χ3n) is 2.09. The SMILES string of the molecule is CC(C)=C1CCCC1=NNC(N)=O. The van der Waals surface area contributed by atoms with Crippen LogP contribution in [0, 0.1) is 0 Å². The van der Waals surface area contributed by atoms with Gasteiger partial charge in [-0.25, -0.2) is 10.2 Å². The fourth-order valence-corrected chi connectivity index (χ4v) is 1.51. The van der Waals surface area contributed by atoms with Crippen molar-refractivity contribution in [3.05, 3.63) is 11.1 Å². The van der Waals surface area contributed by atoms with E-state index in [1.54, 1.807) is 0 Å². The van der Waals surface area contributed by atoms with Crippen LogP contribution in [0.4, 0.5) is 4.79 Å². The van der Waals surface area contributed by atoms with Crippen molar-refractivity contribution in [2.45, 2.75) is 33.1 Å². The number of urea groups is 1. The van der Waals surface area contributed by atoms with Gasteiger partial charge in [0.1, 0.15) is 0 Å². The number of hydrogen-bond donors (Lipinski definition) is 2. The number of primary amides is 1. The number of hydrogen-bond acceptors (Lipinski definition) is 2. The summed E-state index contributed by atoms with van der Waals surface area (Å²) in [6.45, 7) is 4.11. The monoisotopic (exact) mass is 181 g/mol. The van der Waals surface area contributed by atoms with Crippen LogP contribution < -0.4 is 11.2 Å². The lowest BCUT2D eigenvalue weighted by atomic mass is 10.1. The molecule has 3 N–H and O–H groups in total. The molecule has 0 aliphatic heterocycles. The lowest BCUT2D eigenvalue weighted by Crippen LogP contribution is -2.25. The first kappa shape index (κ1) is 9.77. The summed E-state index contributed by atoms with van der Waals surface area (Å²) >= 11 is 0. The van der Waals surface area contributed by atoms with Gasteiger partial charge < -0.3 is 5.73 Å². The average molecular weight is 181 g/mol. The maximum atomic E-state index is 10.4. The van der Waals surface area contributed by atoms with Gasteiger partial charge in [0.25, 0.3) is 0 Å². The Morgan fingerprint density at radius 1 is 1.46 bits per heavy atom. The number of carbonyl (C=O) groups is 1. The molecule has 2 amide bonds. The topological polar surface area (TPSA) is 67.5 Å². The molecule has 0 saturated heterocycles. The smallest absolute Gasteiger partial charge is 0.332 e. The Bertz CT molecular complexity index is 275. The van der Waals surface area contributed by atoms with Gasteiger partial charge in [0.05, 0.1) is 5.71 Å². The molecule has 4 heteroatoms. The molecule has 72 valence electrons. The normalized spacial score (nSPS) is 19.2. The highest BCUT2D eigenvalue weighted by Crippen LogP contribution is 2.24. The molecule has 0 atom stereocenters. The third kappa shape index (κ3) is 2.57. The second-order valence-electron chi connectivity index (χ2n) is 3.37. The largest absolute Gasteiger partial charge is 0.350 e. The van der Waals surface area contributed by atoms with Crippen molar-refractivity contribution in [1.82, 2.24) is 5.43 Å². The van der Waals surface area contributed by atoms with E-state index in [1.807, 2.05) is 0 Å². The van der Waals surface area contributed by atoms with Crippen LogP contribution in [0.2, 0.25) is 0 Å². The number of rotatable bonds is 1. The molecule has 0 aromatic carbocycles. The molecule has 1 fully saturated rings. The van der Waals surface area contributed by atoms with Crippen molar-refractivity contribution in [2.24, 2.45) is 10.8 Å². The number of carbonyl (C=O) groups excluding carboxylic acids is 1. The maximum Gasteiger partial charge on any atom is 0.332 e. The minimum atomic E-state index is -0.604. The van der Waals surface area contributed by atoms with E-state index in [0.29, 0.717) is 0 Å². The molecule has 0 aromatic heterocycles. The van der Waals surface area contributed by atoms with Crippen LogP contribution in [0.3, 0.4) is 0 Å². The number of nitrogens with one attached hydrogen (secondary N) is 1.